The molecule has 2 bridgehead atoms. The Morgan fingerprint density at radius 1 is 1.11 bits per heavy atom. The average molecular weight is 574 g/mol. The first-order valence-electron chi connectivity index (χ1n) is 12.2. The summed E-state index contributed by atoms with van der Waals surface area (Å²) >= 11 is 6.25. The van der Waals surface area contributed by atoms with E-state index >= 15 is 0 Å². The Hall–Kier alpha value is -2.63. The average Bonchev–Trinajstić information content (AvgIpc) is 3.15. The molecule has 2 aromatic carbocycles. The molecule has 0 radical (unpaired) electrons. The van der Waals surface area contributed by atoms with Crippen molar-refractivity contribution in [2.45, 2.75) is 61.2 Å². The number of benzene rings is 2. The van der Waals surface area contributed by atoms with Gasteiger partial charge in [-0.05, 0) is 62.1 Å². The van der Waals surface area contributed by atoms with Gasteiger partial charge in [0.1, 0.15) is 6.61 Å². The maximum Gasteiger partial charge on any atom is 0.305 e. The molecule has 2 aliphatic rings. The third-order valence-corrected chi connectivity index (χ3v) is 10.1. The lowest BCUT2D eigenvalue weighted by atomic mass is 9.77. The Morgan fingerprint density at radius 2 is 1.71 bits per heavy atom. The van der Waals surface area contributed by atoms with E-state index < -0.39 is 61.9 Å². The molecule has 2 saturated carbocycles. The van der Waals surface area contributed by atoms with Crippen LogP contribution in [0.25, 0.3) is 0 Å². The number of fused-ring (bicyclic) bond motifs is 2. The van der Waals surface area contributed by atoms with E-state index in [4.69, 9.17) is 16.3 Å². The minimum atomic E-state index is -4.07. The van der Waals surface area contributed by atoms with Crippen LogP contribution in [0.5, 0.6) is 0 Å². The molecule has 38 heavy (non-hydrogen) atoms. The van der Waals surface area contributed by atoms with E-state index in [1.807, 2.05) is 6.92 Å². The van der Waals surface area contributed by atoms with Gasteiger partial charge < -0.3 is 15.2 Å². The molecular formula is C26H27ClF3NO6S. The molecular weight excluding hydrogens is 547 g/mol. The van der Waals surface area contributed by atoms with E-state index in [2.05, 4.69) is 5.32 Å². The summed E-state index contributed by atoms with van der Waals surface area (Å²) in [7, 11) is -4.07. The summed E-state index contributed by atoms with van der Waals surface area (Å²) in [6, 6.07) is 4.79. The second kappa shape index (κ2) is 10.9. The number of hydrogen-bond donors (Lipinski definition) is 2. The lowest BCUT2D eigenvalue weighted by Crippen LogP contribution is -2.48. The molecule has 2 fully saturated rings. The van der Waals surface area contributed by atoms with Crippen LogP contribution in [0.1, 0.15) is 55.8 Å². The highest BCUT2D eigenvalue weighted by Crippen LogP contribution is 2.51. The van der Waals surface area contributed by atoms with Gasteiger partial charge in [-0.25, -0.2) is 21.6 Å². The van der Waals surface area contributed by atoms with Crippen LogP contribution < -0.4 is 5.32 Å². The Balaban J connectivity index is 1.54. The number of hydrogen-bond acceptors (Lipinski definition) is 6. The smallest absolute Gasteiger partial charge is 0.305 e. The van der Waals surface area contributed by atoms with Gasteiger partial charge in [-0.3, -0.25) is 9.59 Å². The fourth-order valence-electron chi connectivity index (χ4n) is 5.59. The summed E-state index contributed by atoms with van der Waals surface area (Å²) in [5.41, 5.74) is -1.82. The number of halogens is 4. The van der Waals surface area contributed by atoms with Gasteiger partial charge >= 0.3 is 5.97 Å². The number of esters is 1. The zero-order chi connectivity index (χ0) is 27.8. The predicted octanol–water partition coefficient (Wildman–Crippen LogP) is 5.05. The van der Waals surface area contributed by atoms with Crippen LogP contribution in [-0.4, -0.2) is 42.9 Å². The van der Waals surface area contributed by atoms with E-state index in [1.54, 1.807) is 0 Å². The van der Waals surface area contributed by atoms with Crippen LogP contribution in [0.2, 0.25) is 5.02 Å². The molecule has 3 unspecified atom stereocenters. The molecule has 0 saturated heterocycles. The molecule has 1 amide bonds. The fourth-order valence-corrected chi connectivity index (χ4v) is 8.44. The summed E-state index contributed by atoms with van der Waals surface area (Å²) in [6.45, 7) is 1.63. The molecule has 4 atom stereocenters. The molecule has 0 heterocycles. The highest BCUT2D eigenvalue weighted by molar-refractivity contribution is 7.92. The second-order valence-electron chi connectivity index (χ2n) is 10.0. The standard InChI is InChI=1S/C26H27ClF3NO6S/c1-2-3-22(32)37-13-26(34)11-15-4-5-16(12-26)24(15)38(35,36)21-8-14(6-7-18(21)27)25(33)31-17-9-19(28)23(30)20(29)10-17/h6-10,15-16,24,34H,2-5,11-13H2,1H3,(H,31,33)/t15-,16?,24?,26?/m0/s1. The van der Waals surface area contributed by atoms with Gasteiger partial charge in [-0.2, -0.15) is 0 Å². The zero-order valence-electron chi connectivity index (χ0n) is 20.5. The third kappa shape index (κ3) is 5.69. The molecule has 0 aliphatic heterocycles. The van der Waals surface area contributed by atoms with Crippen LogP contribution >= 0.6 is 11.6 Å². The normalized spacial score (nSPS) is 24.7. The number of sulfone groups is 1. The number of anilines is 1. The van der Waals surface area contributed by atoms with Gasteiger partial charge in [0.25, 0.3) is 5.91 Å². The van der Waals surface area contributed by atoms with Crippen LogP contribution in [-0.2, 0) is 19.4 Å². The Labute approximate surface area is 223 Å². The minimum Gasteiger partial charge on any atom is -0.463 e. The highest BCUT2D eigenvalue weighted by atomic mass is 35.5. The van der Waals surface area contributed by atoms with E-state index in [-0.39, 0.29) is 47.0 Å². The number of carbonyl (C=O) groups is 2. The van der Waals surface area contributed by atoms with Gasteiger partial charge in [0.15, 0.2) is 27.3 Å². The lowest BCUT2D eigenvalue weighted by Gasteiger charge is -2.40. The van der Waals surface area contributed by atoms with Gasteiger partial charge in [0.2, 0.25) is 0 Å². The Morgan fingerprint density at radius 3 is 2.29 bits per heavy atom. The number of ether oxygens (including phenoxy) is 1. The first-order valence-corrected chi connectivity index (χ1v) is 14.1. The van der Waals surface area contributed by atoms with Gasteiger partial charge in [0.05, 0.1) is 20.8 Å². The molecule has 7 nitrogen and oxygen atoms in total. The summed E-state index contributed by atoms with van der Waals surface area (Å²) < 4.78 is 73.0. The summed E-state index contributed by atoms with van der Waals surface area (Å²) in [6.07, 6.45) is 2.21. The maximum atomic E-state index is 13.8. The van der Waals surface area contributed by atoms with Gasteiger partial charge in [0, 0.05) is 29.8 Å². The molecule has 2 N–H and O–H groups in total. The van der Waals surface area contributed by atoms with Crippen molar-refractivity contribution in [3.8, 4) is 0 Å². The SMILES string of the molecule is CCCC(=O)OCC1(O)CC2CC[C@@H](C1)C2S(=O)(=O)c1cc(C(=O)Nc2cc(F)c(F)c(F)c2)ccc1Cl. The van der Waals surface area contributed by atoms with Crippen molar-refractivity contribution in [3.63, 3.8) is 0 Å². The molecule has 2 aromatic rings. The topological polar surface area (TPSA) is 110 Å². The first kappa shape index (κ1) is 28.4. The summed E-state index contributed by atoms with van der Waals surface area (Å²) in [5, 5.41) is 12.3. The largest absolute Gasteiger partial charge is 0.463 e. The second-order valence-corrected chi connectivity index (χ2v) is 12.5. The van der Waals surface area contributed by atoms with E-state index in [0.29, 0.717) is 31.4 Å². The third-order valence-electron chi connectivity index (χ3n) is 7.18. The molecule has 4 rings (SSSR count). The number of carbonyl (C=O) groups excluding carboxylic acids is 2. The number of amides is 1. The Kier molecular flexibility index (Phi) is 8.11. The number of rotatable bonds is 8. The van der Waals surface area contributed by atoms with E-state index in [1.165, 1.54) is 12.1 Å². The van der Waals surface area contributed by atoms with Crippen molar-refractivity contribution in [3.05, 3.63) is 58.4 Å². The number of nitrogens with one attached hydrogen (secondary N) is 1. The van der Waals surface area contributed by atoms with E-state index in [0.717, 1.165) is 6.07 Å². The maximum absolute atomic E-state index is 13.8. The minimum absolute atomic E-state index is 0.103. The van der Waals surface area contributed by atoms with Crippen molar-refractivity contribution in [1.29, 1.82) is 0 Å². The summed E-state index contributed by atoms with van der Waals surface area (Å²) in [5.74, 6) is -6.79. The van der Waals surface area contributed by atoms with Gasteiger partial charge in [-0.15, -0.1) is 0 Å². The van der Waals surface area contributed by atoms with Gasteiger partial charge in [-0.1, -0.05) is 18.5 Å². The van der Waals surface area contributed by atoms with Crippen molar-refractivity contribution in [1.82, 2.24) is 0 Å². The van der Waals surface area contributed by atoms with Crippen molar-refractivity contribution in [2.24, 2.45) is 11.8 Å². The molecule has 206 valence electrons. The van der Waals surface area contributed by atoms with Crippen LogP contribution in [0.3, 0.4) is 0 Å². The lowest BCUT2D eigenvalue weighted by molar-refractivity contribution is -0.155. The molecule has 12 heteroatoms. The summed E-state index contributed by atoms with van der Waals surface area (Å²) in [4.78, 5) is 24.2. The molecule has 0 aromatic heterocycles. The predicted molar refractivity (Wildman–Crippen MR) is 133 cm³/mol. The van der Waals surface area contributed by atoms with Crippen LogP contribution in [0, 0.1) is 29.3 Å². The zero-order valence-corrected chi connectivity index (χ0v) is 22.0. The van der Waals surface area contributed by atoms with Crippen molar-refractivity contribution >= 4 is 39.0 Å². The van der Waals surface area contributed by atoms with Crippen LogP contribution in [0.4, 0.5) is 18.9 Å². The van der Waals surface area contributed by atoms with Crippen molar-refractivity contribution in [2.75, 3.05) is 11.9 Å². The monoisotopic (exact) mass is 573 g/mol. The first-order chi connectivity index (χ1) is 17.8. The quantitative estimate of drug-likeness (QED) is 0.338. The van der Waals surface area contributed by atoms with Crippen molar-refractivity contribution < 1.29 is 41.0 Å². The fraction of sp³-hybridized carbons (Fsp3) is 0.462. The molecule has 2 aliphatic carbocycles. The van der Waals surface area contributed by atoms with E-state index in [9.17, 15) is 36.3 Å². The molecule has 0 spiro atoms. The highest BCUT2D eigenvalue weighted by Gasteiger charge is 2.54. The van der Waals surface area contributed by atoms with Crippen LogP contribution in [0.15, 0.2) is 35.2 Å². The Bertz CT molecular complexity index is 1330. The number of aliphatic hydroxyl groups is 1.